The van der Waals surface area contributed by atoms with E-state index in [0.717, 1.165) is 83.5 Å². The first-order valence-corrected chi connectivity index (χ1v) is 26.0. The molecule has 0 spiro atoms. The minimum Gasteiger partial charge on any atom is -0.462 e. The molecule has 0 rings (SSSR count). The van der Waals surface area contributed by atoms with Crippen LogP contribution in [0.2, 0.25) is 0 Å². The van der Waals surface area contributed by atoms with Crippen LogP contribution in [0.5, 0.6) is 0 Å². The fraction of sp³-hybridized carbons (Fsp3) is 0.732. The Morgan fingerprint density at radius 2 is 0.661 bits per heavy atom. The van der Waals surface area contributed by atoms with Crippen LogP contribution < -0.4 is 0 Å². The van der Waals surface area contributed by atoms with E-state index in [1.165, 1.54) is 116 Å². The molecule has 0 aliphatic carbocycles. The average molecular weight is 865 g/mol. The van der Waals surface area contributed by atoms with Gasteiger partial charge in [-0.2, -0.15) is 0 Å². The van der Waals surface area contributed by atoms with E-state index < -0.39 is 6.10 Å². The summed E-state index contributed by atoms with van der Waals surface area (Å²) in [6.45, 7) is 6.53. The van der Waals surface area contributed by atoms with Crippen LogP contribution in [0.3, 0.4) is 0 Å². The number of esters is 3. The first kappa shape index (κ1) is 58.9. The number of carbonyl (C=O) groups is 3. The molecule has 0 saturated heterocycles. The highest BCUT2D eigenvalue weighted by Gasteiger charge is 2.19. The zero-order valence-electron chi connectivity index (χ0n) is 40.6. The predicted octanol–water partition coefficient (Wildman–Crippen LogP) is 17.0. The predicted molar refractivity (Wildman–Crippen MR) is 265 cm³/mol. The second kappa shape index (κ2) is 50.5. The van der Waals surface area contributed by atoms with Gasteiger partial charge in [0.05, 0.1) is 0 Å². The van der Waals surface area contributed by atoms with Crippen LogP contribution in [0.15, 0.2) is 72.9 Å². The third kappa shape index (κ3) is 47.9. The van der Waals surface area contributed by atoms with Gasteiger partial charge in [0.2, 0.25) is 0 Å². The molecule has 6 nitrogen and oxygen atoms in total. The second-order valence-corrected chi connectivity index (χ2v) is 17.1. The number of hydrogen-bond acceptors (Lipinski definition) is 6. The van der Waals surface area contributed by atoms with E-state index in [-0.39, 0.29) is 37.5 Å². The molecular formula is C56H96O6. The molecule has 0 aliphatic rings. The summed E-state index contributed by atoms with van der Waals surface area (Å²) in [4.78, 5) is 37.9. The van der Waals surface area contributed by atoms with Crippen LogP contribution >= 0.6 is 0 Å². The largest absolute Gasteiger partial charge is 0.462 e. The standard InChI is InChI=1S/C56H96O6/c1-4-7-10-13-16-19-21-23-25-27-29-30-32-34-37-40-43-46-49-55(58)61-52-53(51-60-54(57)48-45-42-39-36-18-15-12-9-6-3)62-56(59)50-47-44-41-38-35-33-31-28-26-24-22-20-17-14-11-8-5-2/h21,23-27,29-31,33,38,41,53H,4-20,22,28,32,34-37,39-40,42-52H2,1-3H3/b23-21-,26-24-,27-25-,30-29-,33-31-,41-38-. The highest BCUT2D eigenvalue weighted by molar-refractivity contribution is 5.71. The molecule has 0 N–H and O–H groups in total. The zero-order chi connectivity index (χ0) is 45.1. The van der Waals surface area contributed by atoms with Crippen molar-refractivity contribution in [2.45, 2.75) is 252 Å². The lowest BCUT2D eigenvalue weighted by atomic mass is 10.1. The van der Waals surface area contributed by atoms with Gasteiger partial charge in [-0.25, -0.2) is 0 Å². The van der Waals surface area contributed by atoms with Crippen molar-refractivity contribution in [2.24, 2.45) is 0 Å². The van der Waals surface area contributed by atoms with Crippen molar-refractivity contribution in [1.82, 2.24) is 0 Å². The second-order valence-electron chi connectivity index (χ2n) is 17.1. The van der Waals surface area contributed by atoms with Crippen molar-refractivity contribution in [3.8, 4) is 0 Å². The molecular weight excluding hydrogens is 769 g/mol. The van der Waals surface area contributed by atoms with E-state index in [1.54, 1.807) is 0 Å². The van der Waals surface area contributed by atoms with Gasteiger partial charge in [-0.05, 0) is 77.0 Å². The molecule has 0 bridgehead atoms. The minimum absolute atomic E-state index is 0.101. The van der Waals surface area contributed by atoms with Crippen LogP contribution in [0.25, 0.3) is 0 Å². The third-order valence-corrected chi connectivity index (χ3v) is 11.0. The van der Waals surface area contributed by atoms with Gasteiger partial charge in [-0.3, -0.25) is 14.4 Å². The summed E-state index contributed by atoms with van der Waals surface area (Å²) >= 11 is 0. The molecule has 356 valence electrons. The fourth-order valence-electron chi connectivity index (χ4n) is 7.05. The van der Waals surface area contributed by atoms with Crippen molar-refractivity contribution in [3.63, 3.8) is 0 Å². The van der Waals surface area contributed by atoms with Crippen molar-refractivity contribution in [2.75, 3.05) is 13.2 Å². The Hall–Kier alpha value is -3.15. The summed E-state index contributed by atoms with van der Waals surface area (Å²) in [5.41, 5.74) is 0. The van der Waals surface area contributed by atoms with E-state index in [4.69, 9.17) is 14.2 Å². The Bertz CT molecular complexity index is 1180. The molecule has 1 atom stereocenters. The Labute approximate surface area is 382 Å². The lowest BCUT2D eigenvalue weighted by molar-refractivity contribution is -0.167. The summed E-state index contributed by atoms with van der Waals surface area (Å²) in [5.74, 6) is -0.976. The zero-order valence-corrected chi connectivity index (χ0v) is 40.6. The smallest absolute Gasteiger partial charge is 0.306 e. The van der Waals surface area contributed by atoms with E-state index in [9.17, 15) is 14.4 Å². The van der Waals surface area contributed by atoms with Crippen molar-refractivity contribution < 1.29 is 28.6 Å². The average Bonchev–Trinajstić information content (AvgIpc) is 3.27. The van der Waals surface area contributed by atoms with Crippen LogP contribution in [-0.4, -0.2) is 37.2 Å². The van der Waals surface area contributed by atoms with Gasteiger partial charge in [0.25, 0.3) is 0 Å². The molecule has 0 saturated carbocycles. The first-order valence-electron chi connectivity index (χ1n) is 26.0. The maximum atomic E-state index is 12.8. The summed E-state index contributed by atoms with van der Waals surface area (Å²) in [6, 6.07) is 0. The molecule has 0 aliphatic heterocycles. The minimum atomic E-state index is -0.807. The highest BCUT2D eigenvalue weighted by atomic mass is 16.6. The van der Waals surface area contributed by atoms with Crippen LogP contribution in [0.1, 0.15) is 245 Å². The van der Waals surface area contributed by atoms with Gasteiger partial charge >= 0.3 is 17.9 Å². The number of carbonyl (C=O) groups excluding carboxylic acids is 3. The van der Waals surface area contributed by atoms with Gasteiger partial charge in [0, 0.05) is 19.3 Å². The molecule has 0 heterocycles. The maximum absolute atomic E-state index is 12.8. The normalized spacial score (nSPS) is 12.6. The van der Waals surface area contributed by atoms with E-state index >= 15 is 0 Å². The highest BCUT2D eigenvalue weighted by Crippen LogP contribution is 2.13. The Morgan fingerprint density at radius 1 is 0.339 bits per heavy atom. The molecule has 6 heteroatoms. The van der Waals surface area contributed by atoms with Crippen molar-refractivity contribution in [3.05, 3.63) is 72.9 Å². The van der Waals surface area contributed by atoms with E-state index in [2.05, 4.69) is 93.7 Å². The monoisotopic (exact) mass is 865 g/mol. The van der Waals surface area contributed by atoms with Gasteiger partial charge in [-0.15, -0.1) is 0 Å². The molecule has 1 unspecified atom stereocenters. The number of unbranched alkanes of at least 4 members (excludes halogenated alkanes) is 25. The van der Waals surface area contributed by atoms with E-state index in [1.807, 2.05) is 0 Å². The summed E-state index contributed by atoms with van der Waals surface area (Å²) in [6.07, 6.45) is 63.2. The maximum Gasteiger partial charge on any atom is 0.306 e. The van der Waals surface area contributed by atoms with Crippen molar-refractivity contribution >= 4 is 17.9 Å². The number of allylic oxidation sites excluding steroid dienone is 12. The molecule has 0 aromatic heterocycles. The number of rotatable bonds is 46. The molecule has 0 radical (unpaired) electrons. The Balaban J connectivity index is 4.45. The molecule has 0 aromatic carbocycles. The van der Waals surface area contributed by atoms with Crippen LogP contribution in [0.4, 0.5) is 0 Å². The fourth-order valence-corrected chi connectivity index (χ4v) is 7.05. The third-order valence-electron chi connectivity index (χ3n) is 11.0. The summed E-state index contributed by atoms with van der Waals surface area (Å²) < 4.78 is 16.7. The number of hydrogen-bond donors (Lipinski definition) is 0. The lowest BCUT2D eigenvalue weighted by Gasteiger charge is -2.18. The van der Waals surface area contributed by atoms with Gasteiger partial charge in [-0.1, -0.05) is 222 Å². The van der Waals surface area contributed by atoms with Gasteiger partial charge in [0.1, 0.15) is 13.2 Å². The first-order chi connectivity index (χ1) is 30.5. The summed E-state index contributed by atoms with van der Waals surface area (Å²) in [5, 5.41) is 0. The molecule has 0 aromatic rings. The Kier molecular flexibility index (Phi) is 47.9. The van der Waals surface area contributed by atoms with Crippen LogP contribution in [-0.2, 0) is 28.6 Å². The molecule has 0 fully saturated rings. The molecule has 62 heavy (non-hydrogen) atoms. The Morgan fingerprint density at radius 3 is 1.08 bits per heavy atom. The quantitative estimate of drug-likeness (QED) is 0.0199. The van der Waals surface area contributed by atoms with Crippen LogP contribution in [0, 0.1) is 0 Å². The van der Waals surface area contributed by atoms with Gasteiger partial charge in [0.15, 0.2) is 6.10 Å². The van der Waals surface area contributed by atoms with E-state index in [0.29, 0.717) is 19.3 Å². The lowest BCUT2D eigenvalue weighted by Crippen LogP contribution is -2.30. The molecule has 0 amide bonds. The van der Waals surface area contributed by atoms with Gasteiger partial charge < -0.3 is 14.2 Å². The number of ether oxygens (including phenoxy) is 3. The van der Waals surface area contributed by atoms with Crippen molar-refractivity contribution in [1.29, 1.82) is 0 Å². The topological polar surface area (TPSA) is 78.9 Å². The summed E-state index contributed by atoms with van der Waals surface area (Å²) in [7, 11) is 0. The SMILES string of the molecule is CCCCCCC\C=C/C=C\C=C/CCCCCCCC(=O)OCC(COC(=O)CCCCCCCCCCC)OC(=O)CCC/C=C\C/C=C\C/C=C\CCCCCCCC.